The predicted molar refractivity (Wildman–Crippen MR) is 107 cm³/mol. The number of aromatic nitrogens is 1. The highest BCUT2D eigenvalue weighted by atomic mass is 32.2. The maximum atomic E-state index is 12.8. The molecule has 0 fully saturated rings. The fourth-order valence-electron chi connectivity index (χ4n) is 3.93. The molecular formula is C21H21N3O3S. The zero-order valence-corrected chi connectivity index (χ0v) is 16.4. The van der Waals surface area contributed by atoms with Gasteiger partial charge in [0.1, 0.15) is 5.75 Å². The quantitative estimate of drug-likeness (QED) is 0.695. The fraction of sp³-hybridized carbons (Fsp3) is 0.286. The second-order valence-electron chi connectivity index (χ2n) is 6.97. The van der Waals surface area contributed by atoms with Crippen molar-refractivity contribution in [3.05, 3.63) is 59.8 Å². The summed E-state index contributed by atoms with van der Waals surface area (Å²) in [7, 11) is -2.07. The predicted octanol–water partition coefficient (Wildman–Crippen LogP) is 3.01. The summed E-state index contributed by atoms with van der Waals surface area (Å²) >= 11 is 0. The van der Waals surface area contributed by atoms with E-state index in [2.05, 4.69) is 27.6 Å². The fourth-order valence-corrected chi connectivity index (χ4v) is 5.16. The number of nitrogens with one attached hydrogen (secondary N) is 1. The van der Waals surface area contributed by atoms with Crippen LogP contribution in [0.3, 0.4) is 0 Å². The minimum Gasteiger partial charge on any atom is -0.497 e. The molecule has 0 amide bonds. The first-order chi connectivity index (χ1) is 13.5. The van der Waals surface area contributed by atoms with Crippen LogP contribution in [-0.2, 0) is 29.4 Å². The molecule has 3 aromatic rings. The molecule has 144 valence electrons. The number of sulfonamides is 1. The molecule has 6 nitrogen and oxygen atoms in total. The van der Waals surface area contributed by atoms with E-state index in [1.54, 1.807) is 31.4 Å². The summed E-state index contributed by atoms with van der Waals surface area (Å²) in [6.45, 7) is 0.638. The first-order valence-corrected chi connectivity index (χ1v) is 10.6. The van der Waals surface area contributed by atoms with E-state index in [0.29, 0.717) is 31.6 Å². The van der Waals surface area contributed by atoms with Crippen molar-refractivity contribution in [3.8, 4) is 11.8 Å². The van der Waals surface area contributed by atoms with E-state index in [4.69, 9.17) is 10.00 Å². The van der Waals surface area contributed by atoms with Crippen LogP contribution in [0.15, 0.2) is 53.6 Å². The summed E-state index contributed by atoms with van der Waals surface area (Å²) in [4.78, 5) is 0.226. The van der Waals surface area contributed by atoms with E-state index < -0.39 is 10.0 Å². The van der Waals surface area contributed by atoms with E-state index in [9.17, 15) is 8.42 Å². The van der Waals surface area contributed by atoms with Gasteiger partial charge < -0.3 is 9.30 Å². The molecule has 0 spiro atoms. The van der Waals surface area contributed by atoms with Crippen molar-refractivity contribution in [2.45, 2.75) is 36.7 Å². The molecule has 1 unspecified atom stereocenters. The monoisotopic (exact) mass is 395 g/mol. The summed E-state index contributed by atoms with van der Waals surface area (Å²) in [5, 5.41) is 10.1. The Morgan fingerprint density at radius 2 is 1.93 bits per heavy atom. The summed E-state index contributed by atoms with van der Waals surface area (Å²) < 4.78 is 35.7. The molecular weight excluding hydrogens is 374 g/mol. The number of rotatable bonds is 6. The highest BCUT2D eigenvalue weighted by Crippen LogP contribution is 2.32. The number of aryl methyl sites for hydroxylation is 1. The molecule has 1 heterocycles. The van der Waals surface area contributed by atoms with Gasteiger partial charge in [-0.05, 0) is 54.3 Å². The minimum atomic E-state index is -3.62. The minimum absolute atomic E-state index is 0.211. The van der Waals surface area contributed by atoms with Crippen molar-refractivity contribution >= 4 is 20.9 Å². The van der Waals surface area contributed by atoms with Crippen LogP contribution in [0.4, 0.5) is 0 Å². The molecule has 1 aromatic heterocycles. The summed E-state index contributed by atoms with van der Waals surface area (Å²) in [5.41, 5.74) is 3.37. The Bertz CT molecular complexity index is 1160. The summed E-state index contributed by atoms with van der Waals surface area (Å²) in [6, 6.07) is 14.5. The van der Waals surface area contributed by atoms with Crippen molar-refractivity contribution < 1.29 is 13.2 Å². The van der Waals surface area contributed by atoms with Crippen LogP contribution in [0.1, 0.15) is 17.5 Å². The van der Waals surface area contributed by atoms with Crippen molar-refractivity contribution in [2.24, 2.45) is 0 Å². The average molecular weight is 395 g/mol. The van der Waals surface area contributed by atoms with Crippen molar-refractivity contribution in [3.63, 3.8) is 0 Å². The van der Waals surface area contributed by atoms with E-state index >= 15 is 0 Å². The molecule has 28 heavy (non-hydrogen) atoms. The number of methoxy groups -OCH3 is 1. The van der Waals surface area contributed by atoms with Gasteiger partial charge in [0, 0.05) is 29.7 Å². The van der Waals surface area contributed by atoms with E-state index in [1.807, 2.05) is 12.1 Å². The second-order valence-corrected chi connectivity index (χ2v) is 8.68. The van der Waals surface area contributed by atoms with Crippen LogP contribution < -0.4 is 9.46 Å². The Hall–Kier alpha value is -2.82. The van der Waals surface area contributed by atoms with Crippen LogP contribution in [0.5, 0.6) is 5.75 Å². The molecule has 4 rings (SSSR count). The first kappa shape index (κ1) is 18.5. The van der Waals surface area contributed by atoms with E-state index in [-0.39, 0.29) is 10.9 Å². The maximum Gasteiger partial charge on any atom is 0.240 e. The molecule has 0 saturated heterocycles. The SMILES string of the molecule is COc1ccc(S(=O)(=O)NC2Cc3cccc4c3c(cn4CCC#N)C2)cc1. The zero-order valence-electron chi connectivity index (χ0n) is 15.6. The molecule has 1 aliphatic carbocycles. The van der Waals surface area contributed by atoms with Crippen LogP contribution in [0.25, 0.3) is 10.9 Å². The number of nitriles is 1. The lowest BCUT2D eigenvalue weighted by molar-refractivity contribution is 0.414. The molecule has 0 radical (unpaired) electrons. The van der Waals surface area contributed by atoms with Gasteiger partial charge in [0.25, 0.3) is 0 Å². The normalized spacial score (nSPS) is 16.1. The number of hydrogen-bond acceptors (Lipinski definition) is 4. The smallest absolute Gasteiger partial charge is 0.240 e. The van der Waals surface area contributed by atoms with E-state index in [0.717, 1.165) is 16.6 Å². The van der Waals surface area contributed by atoms with Crippen LogP contribution in [-0.4, -0.2) is 26.1 Å². The first-order valence-electron chi connectivity index (χ1n) is 9.15. The lowest BCUT2D eigenvalue weighted by Crippen LogP contribution is -2.39. The molecule has 2 aromatic carbocycles. The summed E-state index contributed by atoms with van der Waals surface area (Å²) in [5.74, 6) is 0.617. The average Bonchev–Trinajstić information content (AvgIpc) is 3.05. The van der Waals surface area contributed by atoms with Crippen LogP contribution in [0.2, 0.25) is 0 Å². The van der Waals surface area contributed by atoms with Crippen LogP contribution in [0, 0.1) is 11.3 Å². The Labute approximate surface area is 164 Å². The summed E-state index contributed by atoms with van der Waals surface area (Å²) in [6.07, 6.45) is 3.77. The maximum absolute atomic E-state index is 12.8. The van der Waals surface area contributed by atoms with Gasteiger partial charge >= 0.3 is 0 Å². The standard InChI is InChI=1S/C21H21N3O3S/c1-27-18-6-8-19(9-7-18)28(25,26)23-17-12-15-4-2-5-20-21(15)16(13-17)14-24(20)11-3-10-22/h2,4-9,14,17,23H,3,11-13H2,1H3. The molecule has 1 aliphatic rings. The molecule has 0 bridgehead atoms. The van der Waals surface area contributed by atoms with Gasteiger partial charge in [-0.25, -0.2) is 13.1 Å². The van der Waals surface area contributed by atoms with Gasteiger partial charge in [-0.3, -0.25) is 0 Å². The van der Waals surface area contributed by atoms with Crippen LogP contribution >= 0.6 is 0 Å². The second kappa shape index (κ2) is 7.30. The molecule has 0 aliphatic heterocycles. The highest BCUT2D eigenvalue weighted by Gasteiger charge is 2.27. The van der Waals surface area contributed by atoms with E-state index in [1.165, 1.54) is 5.39 Å². The van der Waals surface area contributed by atoms with Gasteiger partial charge in [-0.15, -0.1) is 0 Å². The number of hydrogen-bond donors (Lipinski definition) is 1. The van der Waals surface area contributed by atoms with Gasteiger partial charge in [0.05, 0.1) is 24.5 Å². The number of benzene rings is 2. The topological polar surface area (TPSA) is 84.1 Å². The molecule has 0 saturated carbocycles. The third-order valence-electron chi connectivity index (χ3n) is 5.16. The van der Waals surface area contributed by atoms with Gasteiger partial charge in [-0.2, -0.15) is 5.26 Å². The molecule has 1 atom stereocenters. The van der Waals surface area contributed by atoms with Gasteiger partial charge in [0.2, 0.25) is 10.0 Å². The Morgan fingerprint density at radius 1 is 1.18 bits per heavy atom. The number of ether oxygens (including phenoxy) is 1. The Morgan fingerprint density at radius 3 is 2.64 bits per heavy atom. The largest absolute Gasteiger partial charge is 0.497 e. The third-order valence-corrected chi connectivity index (χ3v) is 6.70. The Balaban J connectivity index is 1.60. The van der Waals surface area contributed by atoms with Crippen molar-refractivity contribution in [1.82, 2.24) is 9.29 Å². The van der Waals surface area contributed by atoms with Gasteiger partial charge in [-0.1, -0.05) is 12.1 Å². The Kier molecular flexibility index (Phi) is 4.84. The highest BCUT2D eigenvalue weighted by molar-refractivity contribution is 7.89. The zero-order chi connectivity index (χ0) is 19.7. The van der Waals surface area contributed by atoms with Crippen molar-refractivity contribution in [1.29, 1.82) is 5.26 Å². The lowest BCUT2D eigenvalue weighted by atomic mass is 9.90. The molecule has 1 N–H and O–H groups in total. The third kappa shape index (κ3) is 3.37. The van der Waals surface area contributed by atoms with Crippen molar-refractivity contribution in [2.75, 3.05) is 7.11 Å². The van der Waals surface area contributed by atoms with Gasteiger partial charge in [0.15, 0.2) is 0 Å². The molecule has 7 heteroatoms. The lowest BCUT2D eigenvalue weighted by Gasteiger charge is -2.23. The number of nitrogens with zero attached hydrogens (tertiary/aromatic N) is 2.